The van der Waals surface area contributed by atoms with E-state index in [0.29, 0.717) is 6.54 Å². The molecule has 0 aliphatic heterocycles. The van der Waals surface area contributed by atoms with Crippen LogP contribution in [0.5, 0.6) is 11.5 Å². The van der Waals surface area contributed by atoms with E-state index in [9.17, 15) is 0 Å². The van der Waals surface area contributed by atoms with Crippen LogP contribution < -0.4 is 19.7 Å². The van der Waals surface area contributed by atoms with Crippen molar-refractivity contribution in [3.8, 4) is 11.5 Å². The van der Waals surface area contributed by atoms with Gasteiger partial charge >= 0.3 is 0 Å². The lowest BCUT2D eigenvalue weighted by Gasteiger charge is -2.22. The summed E-state index contributed by atoms with van der Waals surface area (Å²) in [6.07, 6.45) is 2.70. The van der Waals surface area contributed by atoms with Crippen molar-refractivity contribution in [3.05, 3.63) is 47.7 Å². The molecule has 160 valence electrons. The van der Waals surface area contributed by atoms with Crippen molar-refractivity contribution in [1.29, 1.82) is 0 Å². The van der Waals surface area contributed by atoms with Gasteiger partial charge in [-0.15, -0.1) is 24.0 Å². The third kappa shape index (κ3) is 7.26. The van der Waals surface area contributed by atoms with Gasteiger partial charge < -0.3 is 24.6 Å². The molecule has 0 amide bonds. The summed E-state index contributed by atoms with van der Waals surface area (Å²) >= 11 is 0. The Bertz CT molecular complexity index is 798. The molecule has 1 aromatic carbocycles. The van der Waals surface area contributed by atoms with Gasteiger partial charge in [-0.25, -0.2) is 4.98 Å². The molecule has 2 rings (SSSR count). The van der Waals surface area contributed by atoms with E-state index in [1.54, 1.807) is 21.3 Å². The number of methoxy groups -OCH3 is 2. The second-order valence-electron chi connectivity index (χ2n) is 6.68. The lowest BCUT2D eigenvalue weighted by Crippen LogP contribution is -2.39. The predicted molar refractivity (Wildman–Crippen MR) is 130 cm³/mol. The van der Waals surface area contributed by atoms with E-state index < -0.39 is 0 Å². The molecule has 1 heterocycles. The van der Waals surface area contributed by atoms with E-state index in [1.165, 1.54) is 5.56 Å². The number of halogens is 1. The molecule has 0 spiro atoms. The summed E-state index contributed by atoms with van der Waals surface area (Å²) < 4.78 is 10.7. The minimum Gasteiger partial charge on any atom is -0.493 e. The van der Waals surface area contributed by atoms with Gasteiger partial charge in [0.15, 0.2) is 17.5 Å². The van der Waals surface area contributed by atoms with Gasteiger partial charge in [-0.2, -0.15) is 0 Å². The second-order valence-corrected chi connectivity index (χ2v) is 6.68. The van der Waals surface area contributed by atoms with Gasteiger partial charge in [0, 0.05) is 47.5 Å². The third-order valence-electron chi connectivity index (χ3n) is 4.48. The van der Waals surface area contributed by atoms with Gasteiger partial charge in [0.2, 0.25) is 0 Å². The normalized spacial score (nSPS) is 10.8. The average molecular weight is 513 g/mol. The van der Waals surface area contributed by atoms with Crippen molar-refractivity contribution >= 4 is 35.8 Å². The number of ether oxygens (including phenoxy) is 2. The zero-order valence-corrected chi connectivity index (χ0v) is 20.4. The number of aliphatic imine (C=N–C) groups is 1. The van der Waals surface area contributed by atoms with Crippen molar-refractivity contribution in [3.63, 3.8) is 0 Å². The molecule has 0 atom stereocenters. The molecule has 0 fully saturated rings. The molecule has 0 aliphatic rings. The maximum atomic E-state index is 5.38. The molecule has 0 saturated heterocycles. The quantitative estimate of drug-likeness (QED) is 0.333. The van der Waals surface area contributed by atoms with Crippen LogP contribution in [0.3, 0.4) is 0 Å². The van der Waals surface area contributed by atoms with Gasteiger partial charge in [-0.3, -0.25) is 4.99 Å². The molecule has 1 N–H and O–H groups in total. The summed E-state index contributed by atoms with van der Waals surface area (Å²) in [5.74, 6) is 3.28. The average Bonchev–Trinajstić information content (AvgIpc) is 2.72. The number of hydrogen-bond donors (Lipinski definition) is 1. The van der Waals surface area contributed by atoms with Crippen molar-refractivity contribution in [2.45, 2.75) is 13.0 Å². The second kappa shape index (κ2) is 12.4. The van der Waals surface area contributed by atoms with E-state index >= 15 is 0 Å². The highest BCUT2D eigenvalue weighted by molar-refractivity contribution is 14.0. The Balaban J connectivity index is 0.00000420. The first-order valence-electron chi connectivity index (χ1n) is 9.23. The molecule has 0 radical (unpaired) electrons. The van der Waals surface area contributed by atoms with Crippen LogP contribution in [0.1, 0.15) is 11.1 Å². The van der Waals surface area contributed by atoms with Crippen LogP contribution in [0.2, 0.25) is 0 Å². The van der Waals surface area contributed by atoms with Crippen molar-refractivity contribution in [1.82, 2.24) is 15.2 Å². The Kier molecular flexibility index (Phi) is 10.6. The smallest absolute Gasteiger partial charge is 0.193 e. The van der Waals surface area contributed by atoms with Gasteiger partial charge in [0.05, 0.1) is 14.2 Å². The van der Waals surface area contributed by atoms with Crippen LogP contribution in [-0.4, -0.2) is 64.8 Å². The molecule has 2 aromatic rings. The first-order valence-corrected chi connectivity index (χ1v) is 9.23. The van der Waals surface area contributed by atoms with E-state index in [0.717, 1.165) is 41.8 Å². The SMILES string of the molecule is CN=C(NCc1ccnc(N(C)C)c1)N(C)CCc1ccc(OC)c(OC)c1.I. The van der Waals surface area contributed by atoms with E-state index in [4.69, 9.17) is 9.47 Å². The zero-order chi connectivity index (χ0) is 20.5. The summed E-state index contributed by atoms with van der Waals surface area (Å²) in [5.41, 5.74) is 2.35. The maximum absolute atomic E-state index is 5.38. The summed E-state index contributed by atoms with van der Waals surface area (Å²) in [6, 6.07) is 10.1. The fourth-order valence-electron chi connectivity index (χ4n) is 2.82. The topological polar surface area (TPSA) is 62.2 Å². The largest absolute Gasteiger partial charge is 0.493 e. The number of hydrogen-bond acceptors (Lipinski definition) is 5. The van der Waals surface area contributed by atoms with Crippen molar-refractivity contribution < 1.29 is 9.47 Å². The molecule has 1 aromatic heterocycles. The Hall–Kier alpha value is -2.23. The van der Waals surface area contributed by atoms with Crippen LogP contribution in [0.25, 0.3) is 0 Å². The fourth-order valence-corrected chi connectivity index (χ4v) is 2.82. The summed E-state index contributed by atoms with van der Waals surface area (Å²) in [4.78, 5) is 12.9. The van der Waals surface area contributed by atoms with Gasteiger partial charge in [-0.1, -0.05) is 6.07 Å². The number of rotatable bonds is 8. The van der Waals surface area contributed by atoms with Crippen molar-refractivity contribution in [2.75, 3.05) is 53.9 Å². The Morgan fingerprint density at radius 2 is 1.76 bits per heavy atom. The lowest BCUT2D eigenvalue weighted by molar-refractivity contribution is 0.354. The molecule has 7 nitrogen and oxygen atoms in total. The number of benzene rings is 1. The fraction of sp³-hybridized carbons (Fsp3) is 0.429. The van der Waals surface area contributed by atoms with Crippen LogP contribution in [-0.2, 0) is 13.0 Å². The highest BCUT2D eigenvalue weighted by Crippen LogP contribution is 2.27. The molecule has 0 bridgehead atoms. The summed E-state index contributed by atoms with van der Waals surface area (Å²) in [5, 5.41) is 3.41. The summed E-state index contributed by atoms with van der Waals surface area (Å²) in [7, 11) is 11.1. The van der Waals surface area contributed by atoms with Crippen LogP contribution in [0.4, 0.5) is 5.82 Å². The number of anilines is 1. The number of aromatic nitrogens is 1. The number of pyridine rings is 1. The minimum atomic E-state index is 0. The van der Waals surface area contributed by atoms with Gasteiger partial charge in [-0.05, 0) is 41.8 Å². The molecule has 0 unspecified atom stereocenters. The van der Waals surface area contributed by atoms with Crippen LogP contribution in [0, 0.1) is 0 Å². The zero-order valence-electron chi connectivity index (χ0n) is 18.1. The molecule has 8 heteroatoms. The van der Waals surface area contributed by atoms with E-state index in [2.05, 4.69) is 32.3 Å². The number of nitrogens with one attached hydrogen (secondary N) is 1. The van der Waals surface area contributed by atoms with E-state index in [1.807, 2.05) is 50.4 Å². The van der Waals surface area contributed by atoms with Crippen molar-refractivity contribution in [2.24, 2.45) is 4.99 Å². The van der Waals surface area contributed by atoms with Crippen LogP contribution >= 0.6 is 24.0 Å². The Morgan fingerprint density at radius 1 is 1.03 bits per heavy atom. The number of likely N-dealkylation sites (N-methyl/N-ethyl adjacent to an activating group) is 1. The van der Waals surface area contributed by atoms with Crippen LogP contribution in [0.15, 0.2) is 41.5 Å². The summed E-state index contributed by atoms with van der Waals surface area (Å²) in [6.45, 7) is 1.52. The molecular weight excluding hydrogens is 481 g/mol. The van der Waals surface area contributed by atoms with E-state index in [-0.39, 0.29) is 24.0 Å². The molecular formula is C21H32IN5O2. The predicted octanol–water partition coefficient (Wildman–Crippen LogP) is 3.03. The molecule has 29 heavy (non-hydrogen) atoms. The highest BCUT2D eigenvalue weighted by atomic mass is 127. The third-order valence-corrected chi connectivity index (χ3v) is 4.48. The monoisotopic (exact) mass is 513 g/mol. The van der Waals surface area contributed by atoms with Gasteiger partial charge in [0.1, 0.15) is 5.82 Å². The van der Waals surface area contributed by atoms with Gasteiger partial charge in [0.25, 0.3) is 0 Å². The first kappa shape index (κ1) is 24.8. The molecule has 0 aliphatic carbocycles. The Morgan fingerprint density at radius 3 is 2.38 bits per heavy atom. The lowest BCUT2D eigenvalue weighted by atomic mass is 10.1. The number of guanidine groups is 1. The number of nitrogens with zero attached hydrogens (tertiary/aromatic N) is 4. The first-order chi connectivity index (χ1) is 13.5. The maximum Gasteiger partial charge on any atom is 0.193 e. The highest BCUT2D eigenvalue weighted by Gasteiger charge is 2.09. The minimum absolute atomic E-state index is 0. The molecule has 0 saturated carbocycles. The standard InChI is InChI=1S/C21H31N5O2.HI/c1-22-21(24-15-17-9-11-23-20(14-17)25(2)3)26(4)12-10-16-7-8-18(27-5)19(13-16)28-6;/h7-9,11,13-14H,10,12,15H2,1-6H3,(H,22,24);1H. The Labute approximate surface area is 191 Å².